The molecule has 2 rings (SSSR count). The van der Waals surface area contributed by atoms with Crippen LogP contribution in [0.2, 0.25) is 0 Å². The van der Waals surface area contributed by atoms with Crippen LogP contribution in [0.5, 0.6) is 0 Å². The minimum Gasteiger partial charge on any atom is -0.392 e. The van der Waals surface area contributed by atoms with Crippen molar-refractivity contribution < 1.29 is 4.79 Å². The van der Waals surface area contributed by atoms with Crippen LogP contribution in [0, 0.1) is 18.3 Å². The topological polar surface area (TPSA) is 72.9 Å². The van der Waals surface area contributed by atoms with Gasteiger partial charge in [-0.05, 0) is 25.7 Å². The summed E-state index contributed by atoms with van der Waals surface area (Å²) in [7, 11) is 1.79. The molecule has 0 spiro atoms. The van der Waals surface area contributed by atoms with Gasteiger partial charge in [0, 0.05) is 13.1 Å². The van der Waals surface area contributed by atoms with E-state index < -0.39 is 5.41 Å². The van der Waals surface area contributed by atoms with Crippen molar-refractivity contribution in [2.75, 3.05) is 5.32 Å². The molecule has 1 fully saturated rings. The van der Waals surface area contributed by atoms with Crippen molar-refractivity contribution in [1.82, 2.24) is 9.78 Å². The summed E-state index contributed by atoms with van der Waals surface area (Å²) < 4.78 is 1.64. The lowest BCUT2D eigenvalue weighted by Crippen LogP contribution is -2.54. The predicted octanol–water partition coefficient (Wildman–Crippen LogP) is 1.37. The van der Waals surface area contributed by atoms with Crippen molar-refractivity contribution >= 4 is 28.9 Å². The number of hydrogen-bond donors (Lipinski definition) is 2. The van der Waals surface area contributed by atoms with Crippen LogP contribution in [0.3, 0.4) is 0 Å². The molecule has 1 aromatic rings. The normalized spacial score (nSPS) is 26.5. The number of amides is 1. The fourth-order valence-corrected chi connectivity index (χ4v) is 2.85. The first-order valence-electron chi connectivity index (χ1n) is 5.97. The van der Waals surface area contributed by atoms with Crippen LogP contribution in [0.1, 0.15) is 25.5 Å². The van der Waals surface area contributed by atoms with E-state index in [-0.39, 0.29) is 10.9 Å². The van der Waals surface area contributed by atoms with E-state index in [0.29, 0.717) is 11.7 Å². The molecule has 1 amide bonds. The Hall–Kier alpha value is -1.43. The van der Waals surface area contributed by atoms with Gasteiger partial charge in [0.2, 0.25) is 5.91 Å². The van der Waals surface area contributed by atoms with Crippen LogP contribution in [0.25, 0.3) is 0 Å². The fraction of sp³-hybridized carbons (Fsp3) is 0.583. The number of nitrogens with two attached hydrogens (primary N) is 1. The van der Waals surface area contributed by atoms with Crippen LogP contribution in [-0.2, 0) is 11.8 Å². The summed E-state index contributed by atoms with van der Waals surface area (Å²) in [5, 5.41) is 7.06. The third-order valence-electron chi connectivity index (χ3n) is 3.54. The Balaban J connectivity index is 2.17. The van der Waals surface area contributed by atoms with Gasteiger partial charge < -0.3 is 11.1 Å². The zero-order valence-electron chi connectivity index (χ0n) is 10.9. The summed E-state index contributed by atoms with van der Waals surface area (Å²) in [6.07, 6.45) is 1.45. The van der Waals surface area contributed by atoms with Crippen molar-refractivity contribution in [3.05, 3.63) is 11.8 Å². The zero-order chi connectivity index (χ0) is 13.5. The smallest absolute Gasteiger partial charge is 0.238 e. The number of aryl methyl sites for hydroxylation is 2. The Morgan fingerprint density at radius 2 is 2.28 bits per heavy atom. The average molecular weight is 266 g/mol. The molecule has 1 saturated carbocycles. The zero-order valence-corrected chi connectivity index (χ0v) is 11.7. The minimum absolute atomic E-state index is 0.115. The maximum atomic E-state index is 12.3. The standard InChI is InChI=1S/C12H18N4OS/c1-7-5-12(6-7,10(13)18)11(17)14-9-4-8(2)15-16(9)3/h4,7H,5-6H2,1-3H3,(H2,13,18)(H,14,17). The van der Waals surface area contributed by atoms with Gasteiger partial charge in [0.25, 0.3) is 0 Å². The number of carbonyl (C=O) groups is 1. The maximum Gasteiger partial charge on any atom is 0.238 e. The summed E-state index contributed by atoms with van der Waals surface area (Å²) in [5.74, 6) is 1.05. The quantitative estimate of drug-likeness (QED) is 0.810. The highest BCUT2D eigenvalue weighted by Crippen LogP contribution is 2.46. The monoisotopic (exact) mass is 266 g/mol. The molecule has 1 aromatic heterocycles. The van der Waals surface area contributed by atoms with Crippen molar-refractivity contribution in [3.8, 4) is 0 Å². The molecule has 1 heterocycles. The van der Waals surface area contributed by atoms with Crippen molar-refractivity contribution in [2.45, 2.75) is 26.7 Å². The third-order valence-corrected chi connectivity index (χ3v) is 3.93. The molecule has 5 nitrogen and oxygen atoms in total. The number of nitrogens with zero attached hydrogens (tertiary/aromatic N) is 2. The van der Waals surface area contributed by atoms with Gasteiger partial charge in [0.05, 0.1) is 16.1 Å². The molecule has 1 aliphatic carbocycles. The second kappa shape index (κ2) is 4.35. The minimum atomic E-state index is -0.674. The first kappa shape index (κ1) is 13.0. The van der Waals surface area contributed by atoms with Crippen LogP contribution in [0.15, 0.2) is 6.07 Å². The highest BCUT2D eigenvalue weighted by Gasteiger charge is 2.51. The largest absolute Gasteiger partial charge is 0.392 e. The molecule has 98 valence electrons. The van der Waals surface area contributed by atoms with Crippen LogP contribution < -0.4 is 11.1 Å². The first-order chi connectivity index (χ1) is 8.35. The molecule has 1 aliphatic rings. The number of thiocarbonyl (C=S) groups is 1. The van der Waals surface area contributed by atoms with Crippen molar-refractivity contribution in [3.63, 3.8) is 0 Å². The summed E-state index contributed by atoms with van der Waals surface area (Å²) in [5.41, 5.74) is 5.93. The Bertz CT molecular complexity index is 502. The number of hydrogen-bond acceptors (Lipinski definition) is 3. The number of rotatable bonds is 3. The number of nitrogens with one attached hydrogen (secondary N) is 1. The first-order valence-corrected chi connectivity index (χ1v) is 6.38. The van der Waals surface area contributed by atoms with Crippen LogP contribution >= 0.6 is 12.2 Å². The van der Waals surface area contributed by atoms with Gasteiger partial charge in [-0.25, -0.2) is 0 Å². The lowest BCUT2D eigenvalue weighted by Gasteiger charge is -2.43. The highest BCUT2D eigenvalue weighted by molar-refractivity contribution is 7.80. The fourth-order valence-electron chi connectivity index (χ4n) is 2.59. The molecule has 0 atom stereocenters. The molecule has 18 heavy (non-hydrogen) atoms. The van der Waals surface area contributed by atoms with Crippen LogP contribution in [-0.4, -0.2) is 20.7 Å². The lowest BCUT2D eigenvalue weighted by molar-refractivity contribution is -0.127. The van der Waals surface area contributed by atoms with Crippen molar-refractivity contribution in [2.24, 2.45) is 24.1 Å². The second-order valence-electron chi connectivity index (χ2n) is 5.21. The molecule has 0 bridgehead atoms. The van der Waals surface area contributed by atoms with E-state index in [0.717, 1.165) is 18.5 Å². The Labute approximate surface area is 112 Å². The molecule has 3 N–H and O–H groups in total. The summed E-state index contributed by atoms with van der Waals surface area (Å²) in [4.78, 5) is 12.6. The van der Waals surface area contributed by atoms with Gasteiger partial charge >= 0.3 is 0 Å². The molecule has 0 saturated heterocycles. The molecule has 0 radical (unpaired) electrons. The molecular formula is C12H18N4OS. The predicted molar refractivity (Wildman–Crippen MR) is 74.2 cm³/mol. The van der Waals surface area contributed by atoms with Crippen LogP contribution in [0.4, 0.5) is 5.82 Å². The summed E-state index contributed by atoms with van der Waals surface area (Å²) in [6, 6.07) is 1.83. The molecular weight excluding hydrogens is 248 g/mol. The maximum absolute atomic E-state index is 12.3. The lowest BCUT2D eigenvalue weighted by atomic mass is 9.62. The molecule has 0 unspecified atom stereocenters. The van der Waals surface area contributed by atoms with Gasteiger partial charge in [-0.3, -0.25) is 9.48 Å². The average Bonchev–Trinajstić information content (AvgIpc) is 2.51. The summed E-state index contributed by atoms with van der Waals surface area (Å²) >= 11 is 5.06. The van der Waals surface area contributed by atoms with E-state index in [1.165, 1.54) is 0 Å². The third kappa shape index (κ3) is 2.01. The number of carbonyl (C=O) groups excluding carboxylic acids is 1. The Morgan fingerprint density at radius 3 is 2.67 bits per heavy atom. The van der Waals surface area contributed by atoms with E-state index in [1.807, 2.05) is 13.0 Å². The van der Waals surface area contributed by atoms with E-state index in [9.17, 15) is 4.79 Å². The number of anilines is 1. The number of aromatic nitrogens is 2. The van der Waals surface area contributed by atoms with E-state index in [1.54, 1.807) is 11.7 Å². The Morgan fingerprint density at radius 1 is 1.67 bits per heavy atom. The highest BCUT2D eigenvalue weighted by atomic mass is 32.1. The van der Waals surface area contributed by atoms with Gasteiger partial charge in [0.1, 0.15) is 5.82 Å². The summed E-state index contributed by atoms with van der Waals surface area (Å²) in [6.45, 7) is 3.97. The van der Waals surface area contributed by atoms with Gasteiger partial charge in [-0.2, -0.15) is 5.10 Å². The van der Waals surface area contributed by atoms with Crippen molar-refractivity contribution in [1.29, 1.82) is 0 Å². The van der Waals surface area contributed by atoms with E-state index >= 15 is 0 Å². The van der Waals surface area contributed by atoms with Gasteiger partial charge in [-0.1, -0.05) is 19.1 Å². The van der Waals surface area contributed by atoms with Gasteiger partial charge in [0.15, 0.2) is 0 Å². The Kier molecular flexibility index (Phi) is 3.14. The van der Waals surface area contributed by atoms with E-state index in [4.69, 9.17) is 18.0 Å². The van der Waals surface area contributed by atoms with Gasteiger partial charge in [-0.15, -0.1) is 0 Å². The second-order valence-corrected chi connectivity index (χ2v) is 5.65. The van der Waals surface area contributed by atoms with E-state index in [2.05, 4.69) is 17.3 Å². The molecule has 0 aromatic carbocycles. The molecule has 6 heteroatoms. The SMILES string of the molecule is Cc1cc(NC(=O)C2(C(N)=S)CC(C)C2)n(C)n1. The molecule has 0 aliphatic heterocycles.